The van der Waals surface area contributed by atoms with Crippen LogP contribution in [-0.4, -0.2) is 48.9 Å². The molecule has 23 heavy (non-hydrogen) atoms. The third kappa shape index (κ3) is 3.91. The lowest BCUT2D eigenvalue weighted by atomic mass is 10.1. The van der Waals surface area contributed by atoms with Gasteiger partial charge in [0, 0.05) is 36.9 Å². The first kappa shape index (κ1) is 15.6. The number of carbonyl (C=O) groups excluding carboxylic acids is 1. The van der Waals surface area contributed by atoms with E-state index in [4.69, 9.17) is 9.15 Å². The highest BCUT2D eigenvalue weighted by atomic mass is 16.5. The van der Waals surface area contributed by atoms with Gasteiger partial charge in [-0.15, -0.1) is 0 Å². The van der Waals surface area contributed by atoms with Crippen LogP contribution in [0, 0.1) is 5.92 Å². The topological polar surface area (TPSA) is 74.9 Å². The average Bonchev–Trinajstić information content (AvgIpc) is 3.00. The van der Waals surface area contributed by atoms with Gasteiger partial charge in [-0.05, 0) is 24.3 Å². The summed E-state index contributed by atoms with van der Waals surface area (Å²) in [7, 11) is 0. The number of aliphatic hydroxyl groups is 1. The molecule has 0 saturated carbocycles. The van der Waals surface area contributed by atoms with Crippen LogP contribution in [0.4, 0.5) is 10.5 Å². The van der Waals surface area contributed by atoms with Crippen LogP contribution in [-0.2, 0) is 4.74 Å². The number of ether oxygens (including phenoxy) is 1. The smallest absolute Gasteiger partial charge is 0.321 e. The average molecular weight is 316 g/mol. The Morgan fingerprint density at radius 1 is 1.35 bits per heavy atom. The maximum absolute atomic E-state index is 12.4. The van der Waals surface area contributed by atoms with Crippen molar-refractivity contribution in [2.24, 2.45) is 5.92 Å². The number of furan rings is 1. The van der Waals surface area contributed by atoms with Gasteiger partial charge < -0.3 is 24.5 Å². The molecule has 6 nitrogen and oxygen atoms in total. The van der Waals surface area contributed by atoms with E-state index < -0.39 is 0 Å². The number of amides is 2. The molecule has 6 heteroatoms. The van der Waals surface area contributed by atoms with Crippen LogP contribution in [0.15, 0.2) is 47.1 Å². The third-order valence-corrected chi connectivity index (χ3v) is 3.80. The monoisotopic (exact) mass is 316 g/mol. The Morgan fingerprint density at radius 2 is 2.26 bits per heavy atom. The van der Waals surface area contributed by atoms with Gasteiger partial charge in [0.1, 0.15) is 5.76 Å². The van der Waals surface area contributed by atoms with E-state index in [1.165, 1.54) is 0 Å². The summed E-state index contributed by atoms with van der Waals surface area (Å²) in [5, 5.41) is 12.2. The first-order valence-electron chi connectivity index (χ1n) is 7.65. The van der Waals surface area contributed by atoms with Crippen molar-refractivity contribution >= 4 is 11.7 Å². The van der Waals surface area contributed by atoms with Crippen molar-refractivity contribution in [3.63, 3.8) is 0 Å². The summed E-state index contributed by atoms with van der Waals surface area (Å²) in [4.78, 5) is 14.1. The minimum atomic E-state index is -0.189. The van der Waals surface area contributed by atoms with Gasteiger partial charge in [-0.3, -0.25) is 0 Å². The molecule has 0 unspecified atom stereocenters. The van der Waals surface area contributed by atoms with Crippen molar-refractivity contribution in [3.05, 3.63) is 42.7 Å². The molecule has 0 radical (unpaired) electrons. The molecule has 0 aliphatic carbocycles. The lowest BCUT2D eigenvalue weighted by Gasteiger charge is -2.23. The number of nitrogens with zero attached hydrogens (tertiary/aromatic N) is 1. The molecule has 1 aromatic carbocycles. The Hall–Kier alpha value is -2.31. The standard InChI is InChI=1S/C17H20N2O4/c20-11-13-10-19(6-8-22-12-13)17(21)18-15-4-1-3-14(9-15)16-5-2-7-23-16/h1-5,7,9,13,20H,6,8,10-12H2,(H,18,21)/t13-/m0/s1. The fourth-order valence-corrected chi connectivity index (χ4v) is 2.57. The number of aliphatic hydroxyl groups excluding tert-OH is 1. The molecule has 1 saturated heterocycles. The zero-order chi connectivity index (χ0) is 16.1. The highest BCUT2D eigenvalue weighted by Crippen LogP contribution is 2.23. The van der Waals surface area contributed by atoms with E-state index in [0.29, 0.717) is 32.0 Å². The van der Waals surface area contributed by atoms with Gasteiger partial charge in [-0.25, -0.2) is 4.79 Å². The second-order valence-corrected chi connectivity index (χ2v) is 5.56. The van der Waals surface area contributed by atoms with Crippen molar-refractivity contribution in [1.82, 2.24) is 4.90 Å². The molecular formula is C17H20N2O4. The van der Waals surface area contributed by atoms with Crippen molar-refractivity contribution in [3.8, 4) is 11.3 Å². The second kappa shape index (κ2) is 7.30. The summed E-state index contributed by atoms with van der Waals surface area (Å²) in [6, 6.07) is 11.0. The molecule has 122 valence electrons. The number of urea groups is 1. The summed E-state index contributed by atoms with van der Waals surface area (Å²) in [5.74, 6) is 0.710. The summed E-state index contributed by atoms with van der Waals surface area (Å²) in [6.45, 7) is 1.97. The fraction of sp³-hybridized carbons (Fsp3) is 0.353. The molecule has 2 aromatic rings. The lowest BCUT2D eigenvalue weighted by molar-refractivity contribution is 0.0958. The van der Waals surface area contributed by atoms with E-state index >= 15 is 0 Å². The van der Waals surface area contributed by atoms with Crippen LogP contribution in [0.1, 0.15) is 0 Å². The molecule has 1 atom stereocenters. The van der Waals surface area contributed by atoms with E-state index in [2.05, 4.69) is 5.32 Å². The predicted octanol–water partition coefficient (Wildman–Crippen LogP) is 2.42. The SMILES string of the molecule is O=C(Nc1cccc(-c2ccco2)c1)N1CCOC[C@H](CO)C1. The van der Waals surface area contributed by atoms with Gasteiger partial charge in [0.05, 0.1) is 19.5 Å². The maximum atomic E-state index is 12.4. The number of benzene rings is 1. The van der Waals surface area contributed by atoms with Crippen molar-refractivity contribution in [2.75, 3.05) is 38.2 Å². The molecule has 1 aliphatic rings. The molecule has 0 spiro atoms. The van der Waals surface area contributed by atoms with Gasteiger partial charge in [0.25, 0.3) is 0 Å². The maximum Gasteiger partial charge on any atom is 0.321 e. The zero-order valence-corrected chi connectivity index (χ0v) is 12.8. The first-order chi connectivity index (χ1) is 11.3. The zero-order valence-electron chi connectivity index (χ0n) is 12.8. The Kier molecular flexibility index (Phi) is 4.95. The Morgan fingerprint density at radius 3 is 3.04 bits per heavy atom. The van der Waals surface area contributed by atoms with Crippen LogP contribution in [0.5, 0.6) is 0 Å². The molecule has 1 aliphatic heterocycles. The third-order valence-electron chi connectivity index (χ3n) is 3.80. The minimum Gasteiger partial charge on any atom is -0.464 e. The molecule has 3 rings (SSSR count). The molecule has 2 N–H and O–H groups in total. The van der Waals surface area contributed by atoms with E-state index in [0.717, 1.165) is 11.3 Å². The first-order valence-corrected chi connectivity index (χ1v) is 7.65. The Labute approximate surface area is 134 Å². The van der Waals surface area contributed by atoms with Crippen molar-refractivity contribution in [1.29, 1.82) is 0 Å². The van der Waals surface area contributed by atoms with Crippen LogP contribution in [0.2, 0.25) is 0 Å². The predicted molar refractivity (Wildman–Crippen MR) is 86.1 cm³/mol. The van der Waals surface area contributed by atoms with Crippen LogP contribution in [0.25, 0.3) is 11.3 Å². The molecule has 2 heterocycles. The number of anilines is 1. The van der Waals surface area contributed by atoms with Crippen molar-refractivity contribution in [2.45, 2.75) is 0 Å². The molecule has 1 aromatic heterocycles. The van der Waals surface area contributed by atoms with Crippen LogP contribution in [0.3, 0.4) is 0 Å². The lowest BCUT2D eigenvalue weighted by Crippen LogP contribution is -2.39. The number of nitrogens with one attached hydrogen (secondary N) is 1. The van der Waals surface area contributed by atoms with Gasteiger partial charge >= 0.3 is 6.03 Å². The second-order valence-electron chi connectivity index (χ2n) is 5.56. The largest absolute Gasteiger partial charge is 0.464 e. The van der Waals surface area contributed by atoms with Gasteiger partial charge in [0.2, 0.25) is 0 Å². The Balaban J connectivity index is 1.68. The highest BCUT2D eigenvalue weighted by Gasteiger charge is 2.22. The summed E-state index contributed by atoms with van der Waals surface area (Å²) >= 11 is 0. The van der Waals surface area contributed by atoms with Gasteiger partial charge in [-0.2, -0.15) is 0 Å². The number of rotatable bonds is 3. The van der Waals surface area contributed by atoms with Gasteiger partial charge in [0.15, 0.2) is 0 Å². The minimum absolute atomic E-state index is 0.0117. The highest BCUT2D eigenvalue weighted by molar-refractivity contribution is 5.90. The van der Waals surface area contributed by atoms with E-state index in [9.17, 15) is 9.90 Å². The molecule has 2 amide bonds. The number of hydrogen-bond donors (Lipinski definition) is 2. The number of carbonyl (C=O) groups is 1. The fourth-order valence-electron chi connectivity index (χ4n) is 2.57. The van der Waals surface area contributed by atoms with Crippen LogP contribution >= 0.6 is 0 Å². The quantitative estimate of drug-likeness (QED) is 0.912. The van der Waals surface area contributed by atoms with Crippen LogP contribution < -0.4 is 5.32 Å². The van der Waals surface area contributed by atoms with Crippen molar-refractivity contribution < 1.29 is 19.1 Å². The molecule has 1 fully saturated rings. The van der Waals surface area contributed by atoms with Gasteiger partial charge in [-0.1, -0.05) is 12.1 Å². The van der Waals surface area contributed by atoms with E-state index in [1.807, 2.05) is 36.4 Å². The Bertz CT molecular complexity index is 642. The molecular weight excluding hydrogens is 296 g/mol. The summed E-state index contributed by atoms with van der Waals surface area (Å²) in [6.07, 6.45) is 1.62. The molecule has 0 bridgehead atoms. The van der Waals surface area contributed by atoms with E-state index in [1.54, 1.807) is 11.2 Å². The van der Waals surface area contributed by atoms with E-state index in [-0.39, 0.29) is 18.6 Å². The normalized spacial score (nSPS) is 18.5. The summed E-state index contributed by atoms with van der Waals surface area (Å²) < 4.78 is 10.8. The summed E-state index contributed by atoms with van der Waals surface area (Å²) in [5.41, 5.74) is 1.61. The number of hydrogen-bond acceptors (Lipinski definition) is 4.